The van der Waals surface area contributed by atoms with Crippen molar-refractivity contribution < 1.29 is 14.9 Å². The number of rotatable bonds is 7. The number of carboxylic acid groups (broad SMARTS) is 1. The number of carboxylic acids is 1. The molecule has 0 atom stereocenters. The first-order valence-corrected chi connectivity index (χ1v) is 9.87. The fourth-order valence-electron chi connectivity index (χ4n) is 2.90. The molecule has 0 aliphatic rings. The Bertz CT molecular complexity index is 1060. The summed E-state index contributed by atoms with van der Waals surface area (Å²) in [7, 11) is 0. The van der Waals surface area contributed by atoms with Crippen molar-refractivity contribution in [3.05, 3.63) is 64.7 Å². The van der Waals surface area contributed by atoms with E-state index in [2.05, 4.69) is 10.3 Å². The van der Waals surface area contributed by atoms with E-state index in [1.54, 1.807) is 18.4 Å². The molecule has 28 heavy (non-hydrogen) atoms. The van der Waals surface area contributed by atoms with E-state index in [1.807, 2.05) is 55.5 Å². The summed E-state index contributed by atoms with van der Waals surface area (Å²) in [4.78, 5) is 28.1. The molecule has 0 saturated heterocycles. The number of hydrogen-bond donors (Lipinski definition) is 2. The van der Waals surface area contributed by atoms with Crippen LogP contribution in [0.3, 0.4) is 0 Å². The number of benzene rings is 2. The molecule has 0 amide bonds. The summed E-state index contributed by atoms with van der Waals surface area (Å²) >= 11 is 1.31. The van der Waals surface area contributed by atoms with Crippen LogP contribution in [0.15, 0.2) is 58.2 Å². The van der Waals surface area contributed by atoms with E-state index < -0.39 is 10.7 Å². The van der Waals surface area contributed by atoms with Crippen LogP contribution in [0, 0.1) is 6.92 Å². The molecular formula is C21H24N3O3S+. The van der Waals surface area contributed by atoms with Gasteiger partial charge in [0.25, 0.3) is 5.82 Å². The molecule has 3 rings (SSSR count). The molecule has 3 aromatic rings. The lowest BCUT2D eigenvalue weighted by Crippen LogP contribution is -2.32. The molecule has 7 heteroatoms. The van der Waals surface area contributed by atoms with Crippen LogP contribution < -0.4 is 15.9 Å². The van der Waals surface area contributed by atoms with Gasteiger partial charge in [-0.1, -0.05) is 12.1 Å². The van der Waals surface area contributed by atoms with Gasteiger partial charge in [-0.05, 0) is 50.2 Å². The molecular weight excluding hydrogens is 374 g/mol. The number of para-hydroxylation sites is 1. The van der Waals surface area contributed by atoms with Crippen LogP contribution in [-0.2, 0) is 11.3 Å². The van der Waals surface area contributed by atoms with Gasteiger partial charge in [0.15, 0.2) is 0 Å². The van der Waals surface area contributed by atoms with Gasteiger partial charge in [0.1, 0.15) is 22.2 Å². The summed E-state index contributed by atoms with van der Waals surface area (Å²) < 4.78 is 0.856. The fourth-order valence-corrected chi connectivity index (χ4v) is 3.85. The van der Waals surface area contributed by atoms with Crippen molar-refractivity contribution >= 4 is 34.3 Å². The summed E-state index contributed by atoms with van der Waals surface area (Å²) in [6, 6.07) is 15.1. The Hall–Kier alpha value is -2.80. The van der Waals surface area contributed by atoms with E-state index in [-0.39, 0.29) is 5.56 Å². The SMILES string of the molecule is Cc1[nH+]c2ccccc2c(=O)n1CCNc1ccc(SC(C)(C)C(=O)O)cc1. The second-order valence-corrected chi connectivity index (χ2v) is 8.78. The summed E-state index contributed by atoms with van der Waals surface area (Å²) in [5.41, 5.74) is 1.76. The molecule has 0 aliphatic heterocycles. The fraction of sp³-hybridized carbons (Fsp3) is 0.286. The predicted octanol–water partition coefficient (Wildman–Crippen LogP) is 3.19. The minimum atomic E-state index is -0.875. The summed E-state index contributed by atoms with van der Waals surface area (Å²) in [6.07, 6.45) is 0. The van der Waals surface area contributed by atoms with Crippen molar-refractivity contribution in [2.75, 3.05) is 11.9 Å². The Morgan fingerprint density at radius 3 is 2.54 bits per heavy atom. The number of carbonyl (C=O) groups is 1. The van der Waals surface area contributed by atoms with Gasteiger partial charge in [0.05, 0.1) is 6.54 Å². The van der Waals surface area contributed by atoms with Gasteiger partial charge in [-0.3, -0.25) is 4.79 Å². The van der Waals surface area contributed by atoms with E-state index in [4.69, 9.17) is 0 Å². The van der Waals surface area contributed by atoms with Crippen LogP contribution in [0.4, 0.5) is 5.69 Å². The third kappa shape index (κ3) is 4.36. The maximum Gasteiger partial charge on any atom is 0.345 e. The lowest BCUT2D eigenvalue weighted by atomic mass is 10.2. The second kappa shape index (κ2) is 8.06. The number of thioether (sulfide) groups is 1. The van der Waals surface area contributed by atoms with Crippen molar-refractivity contribution in [2.45, 2.75) is 37.0 Å². The predicted molar refractivity (Wildman–Crippen MR) is 112 cm³/mol. The van der Waals surface area contributed by atoms with Gasteiger partial charge in [-0.15, -0.1) is 11.8 Å². The zero-order valence-corrected chi connectivity index (χ0v) is 17.0. The average molecular weight is 399 g/mol. The highest BCUT2D eigenvalue weighted by Gasteiger charge is 2.28. The average Bonchev–Trinajstić information content (AvgIpc) is 2.65. The highest BCUT2D eigenvalue weighted by Crippen LogP contribution is 2.33. The number of nitrogens with zero attached hydrogens (tertiary/aromatic N) is 1. The number of anilines is 1. The zero-order chi connectivity index (χ0) is 20.3. The van der Waals surface area contributed by atoms with Gasteiger partial charge < -0.3 is 10.4 Å². The molecule has 0 bridgehead atoms. The lowest BCUT2D eigenvalue weighted by molar-refractivity contribution is -0.364. The van der Waals surface area contributed by atoms with E-state index in [9.17, 15) is 14.7 Å². The molecule has 146 valence electrons. The van der Waals surface area contributed by atoms with E-state index in [0.29, 0.717) is 18.5 Å². The van der Waals surface area contributed by atoms with Crippen molar-refractivity contribution in [1.82, 2.24) is 4.57 Å². The van der Waals surface area contributed by atoms with Crippen LogP contribution in [0.25, 0.3) is 10.9 Å². The van der Waals surface area contributed by atoms with Crippen LogP contribution in [0.1, 0.15) is 19.7 Å². The molecule has 0 unspecified atom stereocenters. The van der Waals surface area contributed by atoms with E-state index >= 15 is 0 Å². The molecule has 2 aromatic carbocycles. The first-order valence-electron chi connectivity index (χ1n) is 9.06. The highest BCUT2D eigenvalue weighted by molar-refractivity contribution is 8.01. The molecule has 1 heterocycles. The van der Waals surface area contributed by atoms with Crippen molar-refractivity contribution in [2.24, 2.45) is 0 Å². The normalized spacial score (nSPS) is 11.5. The number of fused-ring (bicyclic) bond motifs is 1. The second-order valence-electron chi connectivity index (χ2n) is 7.08. The van der Waals surface area contributed by atoms with Gasteiger partial charge in [-0.2, -0.15) is 4.57 Å². The number of hydrogen-bond acceptors (Lipinski definition) is 4. The molecule has 0 saturated carbocycles. The summed E-state index contributed by atoms with van der Waals surface area (Å²) in [5, 5.41) is 13.2. The standard InChI is InChI=1S/C21H23N3O3S/c1-14-23-18-7-5-4-6-17(18)19(25)24(14)13-12-22-15-8-10-16(11-9-15)28-21(2,3)20(26)27/h4-11,22H,12-13H2,1-3H3,(H,26,27)/p+1. The highest BCUT2D eigenvalue weighted by atomic mass is 32.2. The Morgan fingerprint density at radius 1 is 1.18 bits per heavy atom. The van der Waals surface area contributed by atoms with Crippen LogP contribution in [0.2, 0.25) is 0 Å². The van der Waals surface area contributed by atoms with Crippen molar-refractivity contribution in [3.63, 3.8) is 0 Å². The number of H-pyrrole nitrogens is 1. The van der Waals surface area contributed by atoms with E-state index in [0.717, 1.165) is 21.9 Å². The molecule has 1 aromatic heterocycles. The first-order chi connectivity index (χ1) is 13.3. The molecule has 0 fully saturated rings. The van der Waals surface area contributed by atoms with Crippen molar-refractivity contribution in [1.29, 1.82) is 0 Å². The Labute approximate surface area is 167 Å². The summed E-state index contributed by atoms with van der Waals surface area (Å²) in [5.74, 6) is -0.0270. The number of aliphatic carboxylic acids is 1. The van der Waals surface area contributed by atoms with Gasteiger partial charge in [0, 0.05) is 17.5 Å². The molecule has 0 aliphatic carbocycles. The first kappa shape index (κ1) is 19.9. The van der Waals surface area contributed by atoms with Gasteiger partial charge in [0.2, 0.25) is 0 Å². The number of nitrogens with one attached hydrogen (secondary N) is 2. The van der Waals surface area contributed by atoms with Crippen LogP contribution >= 0.6 is 11.8 Å². The largest absolute Gasteiger partial charge is 0.480 e. The molecule has 0 radical (unpaired) electrons. The van der Waals surface area contributed by atoms with Crippen LogP contribution in [-0.4, -0.2) is 26.9 Å². The van der Waals surface area contributed by atoms with Gasteiger partial charge >= 0.3 is 11.5 Å². The number of aryl methyl sites for hydroxylation is 1. The minimum Gasteiger partial charge on any atom is -0.480 e. The quantitative estimate of drug-likeness (QED) is 0.597. The van der Waals surface area contributed by atoms with E-state index in [1.165, 1.54) is 11.8 Å². The smallest absolute Gasteiger partial charge is 0.345 e. The lowest BCUT2D eigenvalue weighted by Gasteiger charge is -2.18. The molecule has 0 spiro atoms. The number of aromatic nitrogens is 2. The minimum absolute atomic E-state index is 0.00343. The molecule has 6 nitrogen and oxygen atoms in total. The van der Waals surface area contributed by atoms with Crippen molar-refractivity contribution in [3.8, 4) is 0 Å². The third-order valence-corrected chi connectivity index (χ3v) is 5.72. The topological polar surface area (TPSA) is 85.5 Å². The number of aromatic amines is 1. The van der Waals surface area contributed by atoms with Crippen LogP contribution in [0.5, 0.6) is 0 Å². The third-order valence-electron chi connectivity index (χ3n) is 4.53. The Kier molecular flexibility index (Phi) is 5.74. The van der Waals surface area contributed by atoms with Gasteiger partial charge in [-0.25, -0.2) is 9.78 Å². The zero-order valence-electron chi connectivity index (χ0n) is 16.2. The maximum absolute atomic E-state index is 12.7. The maximum atomic E-state index is 12.7. The molecule has 3 N–H and O–H groups in total. The Morgan fingerprint density at radius 2 is 1.86 bits per heavy atom. The Balaban J connectivity index is 1.65. The summed E-state index contributed by atoms with van der Waals surface area (Å²) in [6.45, 7) is 6.40. The monoisotopic (exact) mass is 398 g/mol.